The molecule has 1 aromatic carbocycles. The number of nitrogens with one attached hydrogen (secondary N) is 1. The number of rotatable bonds is 7. The van der Waals surface area contributed by atoms with Gasteiger partial charge < -0.3 is 20.2 Å². The van der Waals surface area contributed by atoms with Crippen molar-refractivity contribution in [2.24, 2.45) is 0 Å². The number of likely N-dealkylation sites (N-methyl/N-ethyl adjacent to an activating group) is 1. The number of nitrogens with zero attached hydrogens (tertiary/aromatic N) is 4. The Kier molecular flexibility index (Phi) is 6.48. The minimum absolute atomic E-state index is 0.278. The normalized spacial score (nSPS) is 22.1. The Bertz CT molecular complexity index is 895. The molecule has 0 aliphatic carbocycles. The molecule has 1 atom stereocenters. The molecule has 1 aromatic heterocycles. The number of anilines is 1. The number of thioether (sulfide) groups is 1. The summed E-state index contributed by atoms with van der Waals surface area (Å²) in [7, 11) is 2.15. The first-order chi connectivity index (χ1) is 14.5. The highest BCUT2D eigenvalue weighted by atomic mass is 35.5. The molecule has 7 nitrogen and oxygen atoms in total. The quantitative estimate of drug-likeness (QED) is 0.627. The number of benzene rings is 1. The first-order valence-electron chi connectivity index (χ1n) is 10.2. The lowest BCUT2D eigenvalue weighted by molar-refractivity contribution is -0.140. The lowest BCUT2D eigenvalue weighted by Gasteiger charge is -2.32. The summed E-state index contributed by atoms with van der Waals surface area (Å²) in [5.74, 6) is -0.518. The van der Waals surface area contributed by atoms with Crippen LogP contribution in [0.5, 0.6) is 0 Å². The van der Waals surface area contributed by atoms with Crippen molar-refractivity contribution < 1.29 is 9.90 Å². The van der Waals surface area contributed by atoms with Gasteiger partial charge in [-0.2, -0.15) is 0 Å². The number of aliphatic carboxylic acids is 1. The summed E-state index contributed by atoms with van der Waals surface area (Å²) >= 11 is 7.69. The first kappa shape index (κ1) is 21.4. The summed E-state index contributed by atoms with van der Waals surface area (Å²) in [6, 6.07) is 7.74. The Morgan fingerprint density at radius 1 is 1.30 bits per heavy atom. The van der Waals surface area contributed by atoms with Crippen LogP contribution in [0.4, 0.5) is 5.95 Å². The number of halogens is 1. The molecule has 0 bridgehead atoms. The highest BCUT2D eigenvalue weighted by Gasteiger charge is 2.49. The molecular weight excluding hydrogens is 422 g/mol. The molecule has 2 aromatic rings. The van der Waals surface area contributed by atoms with E-state index in [1.165, 1.54) is 18.0 Å². The summed E-state index contributed by atoms with van der Waals surface area (Å²) in [6.07, 6.45) is 2.82. The van der Waals surface area contributed by atoms with Gasteiger partial charge in [-0.25, -0.2) is 9.97 Å². The van der Waals surface area contributed by atoms with Crippen molar-refractivity contribution in [2.45, 2.75) is 22.5 Å². The standard InChI is InChI=1S/C21H26ClN5O2S/c1-26-9-11-27(12-10-26)8-4-7-23-20-24-14-16(22)18(25-20)21(19(28)29)13-15-5-2-3-6-17(15)30-21/h2-3,5-6,14H,4,7-13H2,1H3,(H,28,29)(H,23,24,25). The molecule has 0 spiro atoms. The summed E-state index contributed by atoms with van der Waals surface area (Å²) < 4.78 is -1.24. The van der Waals surface area contributed by atoms with Gasteiger partial charge in [0.25, 0.3) is 0 Å². The molecule has 160 valence electrons. The predicted octanol–water partition coefficient (Wildman–Crippen LogP) is 2.81. The minimum atomic E-state index is -1.24. The summed E-state index contributed by atoms with van der Waals surface area (Å²) in [4.78, 5) is 26.9. The van der Waals surface area contributed by atoms with E-state index in [-0.39, 0.29) is 5.02 Å². The number of aromatic nitrogens is 2. The number of hydrogen-bond donors (Lipinski definition) is 2. The highest BCUT2D eigenvalue weighted by molar-refractivity contribution is 8.01. The van der Waals surface area contributed by atoms with Crippen LogP contribution >= 0.6 is 23.4 Å². The zero-order valence-electron chi connectivity index (χ0n) is 17.0. The van der Waals surface area contributed by atoms with Crippen LogP contribution in [0, 0.1) is 0 Å². The highest BCUT2D eigenvalue weighted by Crippen LogP contribution is 2.52. The summed E-state index contributed by atoms with van der Waals surface area (Å²) in [6.45, 7) is 6.14. The van der Waals surface area contributed by atoms with Crippen LogP contribution in [0.1, 0.15) is 17.7 Å². The fourth-order valence-corrected chi connectivity index (χ4v) is 5.57. The maximum absolute atomic E-state index is 12.3. The van der Waals surface area contributed by atoms with Gasteiger partial charge in [0.15, 0.2) is 4.75 Å². The van der Waals surface area contributed by atoms with Gasteiger partial charge in [0, 0.05) is 44.0 Å². The van der Waals surface area contributed by atoms with Crippen LogP contribution in [0.2, 0.25) is 5.02 Å². The monoisotopic (exact) mass is 447 g/mol. The van der Waals surface area contributed by atoms with E-state index < -0.39 is 10.7 Å². The van der Waals surface area contributed by atoms with Gasteiger partial charge in [-0.1, -0.05) is 29.8 Å². The molecule has 1 unspecified atom stereocenters. The molecule has 30 heavy (non-hydrogen) atoms. The van der Waals surface area contributed by atoms with Gasteiger partial charge in [-0.15, -0.1) is 11.8 Å². The van der Waals surface area contributed by atoms with Crippen molar-refractivity contribution in [1.82, 2.24) is 19.8 Å². The second kappa shape index (κ2) is 9.09. The number of carbonyl (C=O) groups is 1. The zero-order chi connectivity index (χ0) is 21.1. The van der Waals surface area contributed by atoms with E-state index in [4.69, 9.17) is 11.6 Å². The molecule has 2 aliphatic rings. The molecule has 4 rings (SSSR count). The second-order valence-electron chi connectivity index (χ2n) is 7.83. The van der Waals surface area contributed by atoms with Crippen LogP contribution in [-0.2, 0) is 16.0 Å². The second-order valence-corrected chi connectivity index (χ2v) is 9.58. The Labute approximate surface area is 185 Å². The molecule has 2 N–H and O–H groups in total. The lowest BCUT2D eigenvalue weighted by atomic mass is 9.95. The lowest BCUT2D eigenvalue weighted by Crippen LogP contribution is -2.44. The van der Waals surface area contributed by atoms with Crippen LogP contribution < -0.4 is 5.32 Å². The van der Waals surface area contributed by atoms with Crippen LogP contribution in [0.15, 0.2) is 35.4 Å². The largest absolute Gasteiger partial charge is 0.480 e. The summed E-state index contributed by atoms with van der Waals surface area (Å²) in [5, 5.41) is 13.6. The van der Waals surface area contributed by atoms with E-state index in [0.29, 0.717) is 18.1 Å². The van der Waals surface area contributed by atoms with Gasteiger partial charge in [0.2, 0.25) is 5.95 Å². The molecule has 0 saturated carbocycles. The van der Waals surface area contributed by atoms with E-state index in [2.05, 4.69) is 32.1 Å². The SMILES string of the molecule is CN1CCN(CCCNc2ncc(Cl)c(C3(C(=O)O)Cc4ccccc4S3)n2)CC1. The molecule has 9 heteroatoms. The fraction of sp³-hybridized carbons (Fsp3) is 0.476. The number of fused-ring (bicyclic) bond motifs is 1. The van der Waals surface area contributed by atoms with Crippen LogP contribution in [0.3, 0.4) is 0 Å². The molecule has 1 fully saturated rings. The molecule has 1 saturated heterocycles. The molecule has 2 aliphatic heterocycles. The number of hydrogen-bond acceptors (Lipinski definition) is 7. The zero-order valence-corrected chi connectivity index (χ0v) is 18.5. The van der Waals surface area contributed by atoms with Crippen LogP contribution in [-0.4, -0.2) is 77.2 Å². The van der Waals surface area contributed by atoms with Crippen molar-refractivity contribution in [2.75, 3.05) is 51.6 Å². The Balaban J connectivity index is 1.43. The topological polar surface area (TPSA) is 81.6 Å². The fourth-order valence-electron chi connectivity index (χ4n) is 3.90. The van der Waals surface area contributed by atoms with Gasteiger partial charge in [0.05, 0.1) is 16.9 Å². The van der Waals surface area contributed by atoms with Crippen molar-refractivity contribution in [3.05, 3.63) is 46.7 Å². The van der Waals surface area contributed by atoms with Crippen molar-refractivity contribution >= 4 is 35.3 Å². The smallest absolute Gasteiger partial charge is 0.326 e. The third-order valence-electron chi connectivity index (χ3n) is 5.70. The van der Waals surface area contributed by atoms with E-state index in [1.54, 1.807) is 0 Å². The maximum atomic E-state index is 12.3. The van der Waals surface area contributed by atoms with Crippen LogP contribution in [0.25, 0.3) is 0 Å². The van der Waals surface area contributed by atoms with Crippen molar-refractivity contribution in [3.8, 4) is 0 Å². The average Bonchev–Trinajstić information content (AvgIpc) is 3.14. The Hall–Kier alpha value is -1.87. The maximum Gasteiger partial charge on any atom is 0.326 e. The Morgan fingerprint density at radius 2 is 2.07 bits per heavy atom. The molecule has 0 radical (unpaired) electrons. The number of carboxylic acids is 1. The predicted molar refractivity (Wildman–Crippen MR) is 119 cm³/mol. The molecule has 0 amide bonds. The Morgan fingerprint density at radius 3 is 2.80 bits per heavy atom. The van der Waals surface area contributed by atoms with Crippen molar-refractivity contribution in [3.63, 3.8) is 0 Å². The van der Waals surface area contributed by atoms with Gasteiger partial charge >= 0.3 is 5.97 Å². The van der Waals surface area contributed by atoms with E-state index in [9.17, 15) is 9.90 Å². The van der Waals surface area contributed by atoms with E-state index >= 15 is 0 Å². The number of carboxylic acid groups (broad SMARTS) is 1. The number of piperazine rings is 1. The van der Waals surface area contributed by atoms with Crippen molar-refractivity contribution in [1.29, 1.82) is 0 Å². The summed E-state index contributed by atoms with van der Waals surface area (Å²) in [5.41, 5.74) is 1.36. The minimum Gasteiger partial charge on any atom is -0.480 e. The third-order valence-corrected chi connectivity index (χ3v) is 7.45. The van der Waals surface area contributed by atoms with Gasteiger partial charge in [0.1, 0.15) is 0 Å². The van der Waals surface area contributed by atoms with E-state index in [0.717, 1.165) is 56.1 Å². The average molecular weight is 448 g/mol. The third kappa shape index (κ3) is 4.42. The van der Waals surface area contributed by atoms with Gasteiger partial charge in [-0.05, 0) is 31.6 Å². The van der Waals surface area contributed by atoms with Gasteiger partial charge in [-0.3, -0.25) is 4.79 Å². The molecular formula is C21H26ClN5O2S. The van der Waals surface area contributed by atoms with E-state index in [1.807, 2.05) is 24.3 Å². The molecule has 3 heterocycles. The first-order valence-corrected chi connectivity index (χ1v) is 11.4.